The van der Waals surface area contributed by atoms with Gasteiger partial charge in [0.2, 0.25) is 0 Å². The van der Waals surface area contributed by atoms with Crippen molar-refractivity contribution in [2.45, 2.75) is 19.8 Å². The first-order valence-electron chi connectivity index (χ1n) is 8.06. The van der Waals surface area contributed by atoms with Gasteiger partial charge >= 0.3 is 5.97 Å². The molecule has 4 rings (SSSR count). The molecule has 7 heteroatoms. The Bertz CT molecular complexity index is 970. The Kier molecular flexibility index (Phi) is 3.61. The quantitative estimate of drug-likeness (QED) is 0.737. The summed E-state index contributed by atoms with van der Waals surface area (Å²) in [6.07, 6.45) is 1.24. The number of hydrogen-bond acceptors (Lipinski definition) is 4. The summed E-state index contributed by atoms with van der Waals surface area (Å²) in [7, 11) is 0. The standard InChI is InChI=1S/C18H17N3O3S/c1-11-13-9-14(15(22)19-10-18(7-8-18)17(23)24)25-16(13)21(20-11)12-5-3-2-4-6-12/h2-6,9H,7-8,10H2,1H3,(H,19,22)(H,23,24). The SMILES string of the molecule is Cc1nn(-c2ccccc2)c2sc(C(=O)NCC3(C(=O)O)CC3)cc12. The minimum Gasteiger partial charge on any atom is -0.481 e. The number of aromatic nitrogens is 2. The number of nitrogens with one attached hydrogen (secondary N) is 1. The van der Waals surface area contributed by atoms with Crippen molar-refractivity contribution in [2.75, 3.05) is 6.54 Å². The molecule has 1 aromatic carbocycles. The largest absolute Gasteiger partial charge is 0.481 e. The van der Waals surface area contributed by atoms with E-state index < -0.39 is 11.4 Å². The molecule has 0 spiro atoms. The smallest absolute Gasteiger partial charge is 0.311 e. The van der Waals surface area contributed by atoms with Gasteiger partial charge in [-0.15, -0.1) is 11.3 Å². The first-order valence-corrected chi connectivity index (χ1v) is 8.88. The lowest BCUT2D eigenvalue weighted by Crippen LogP contribution is -2.33. The van der Waals surface area contributed by atoms with Crippen molar-refractivity contribution in [1.82, 2.24) is 15.1 Å². The van der Waals surface area contributed by atoms with Crippen molar-refractivity contribution in [3.8, 4) is 5.69 Å². The molecule has 1 amide bonds. The van der Waals surface area contributed by atoms with Crippen molar-refractivity contribution in [2.24, 2.45) is 5.41 Å². The topological polar surface area (TPSA) is 84.2 Å². The molecule has 0 bridgehead atoms. The van der Waals surface area contributed by atoms with Gasteiger partial charge in [0, 0.05) is 11.9 Å². The number of para-hydroxylation sites is 1. The van der Waals surface area contributed by atoms with E-state index in [1.54, 1.807) is 0 Å². The van der Waals surface area contributed by atoms with Gasteiger partial charge in [-0.2, -0.15) is 5.10 Å². The van der Waals surface area contributed by atoms with E-state index in [1.165, 1.54) is 11.3 Å². The number of amides is 1. The monoisotopic (exact) mass is 355 g/mol. The summed E-state index contributed by atoms with van der Waals surface area (Å²) in [4.78, 5) is 25.1. The minimum absolute atomic E-state index is 0.180. The van der Waals surface area contributed by atoms with Crippen LogP contribution in [0.15, 0.2) is 36.4 Å². The Morgan fingerprint density at radius 3 is 2.68 bits per heavy atom. The number of carbonyl (C=O) groups excluding carboxylic acids is 1. The number of carboxylic acid groups (broad SMARTS) is 1. The average molecular weight is 355 g/mol. The summed E-state index contributed by atoms with van der Waals surface area (Å²) in [5.74, 6) is -1.06. The van der Waals surface area contributed by atoms with Gasteiger partial charge in [-0.05, 0) is 38.0 Å². The highest BCUT2D eigenvalue weighted by atomic mass is 32.1. The first-order chi connectivity index (χ1) is 12.0. The number of fused-ring (bicyclic) bond motifs is 1. The van der Waals surface area contributed by atoms with Crippen molar-refractivity contribution >= 4 is 33.4 Å². The van der Waals surface area contributed by atoms with Crippen molar-refractivity contribution in [1.29, 1.82) is 0 Å². The maximum atomic E-state index is 12.4. The van der Waals surface area contributed by atoms with Crippen molar-refractivity contribution < 1.29 is 14.7 Å². The second kappa shape index (κ2) is 5.70. The van der Waals surface area contributed by atoms with Crippen LogP contribution in [0.4, 0.5) is 0 Å². The van der Waals surface area contributed by atoms with Crippen LogP contribution in [0, 0.1) is 12.3 Å². The molecule has 6 nitrogen and oxygen atoms in total. The van der Waals surface area contributed by atoms with E-state index in [0.717, 1.165) is 21.6 Å². The summed E-state index contributed by atoms with van der Waals surface area (Å²) in [5.41, 5.74) is 1.04. The molecule has 128 valence electrons. The molecule has 2 heterocycles. The third kappa shape index (κ3) is 2.70. The van der Waals surface area contributed by atoms with E-state index in [0.29, 0.717) is 17.7 Å². The van der Waals surface area contributed by atoms with Gasteiger partial charge in [0.25, 0.3) is 5.91 Å². The van der Waals surface area contributed by atoms with E-state index in [2.05, 4.69) is 10.4 Å². The molecule has 2 aromatic heterocycles. The number of hydrogen-bond donors (Lipinski definition) is 2. The second-order valence-corrected chi connectivity index (χ2v) is 7.46. The maximum Gasteiger partial charge on any atom is 0.311 e. The van der Waals surface area contributed by atoms with E-state index in [-0.39, 0.29) is 12.5 Å². The number of nitrogens with zero attached hydrogens (tertiary/aromatic N) is 2. The second-order valence-electron chi connectivity index (χ2n) is 6.43. The van der Waals surface area contributed by atoms with Crippen molar-refractivity contribution in [3.63, 3.8) is 0 Å². The molecule has 0 aliphatic heterocycles. The first kappa shape index (κ1) is 15.8. The number of aliphatic carboxylic acids is 1. The highest BCUT2D eigenvalue weighted by Gasteiger charge is 2.50. The zero-order chi connectivity index (χ0) is 17.6. The van der Waals surface area contributed by atoms with Gasteiger partial charge in [0.15, 0.2) is 0 Å². The summed E-state index contributed by atoms with van der Waals surface area (Å²) >= 11 is 1.37. The third-order valence-electron chi connectivity index (χ3n) is 4.66. The van der Waals surface area contributed by atoms with Crippen LogP contribution in [-0.2, 0) is 4.79 Å². The fourth-order valence-electron chi connectivity index (χ4n) is 2.86. The Labute approximate surface area is 148 Å². The minimum atomic E-state index is -0.834. The Hall–Kier alpha value is -2.67. The van der Waals surface area contributed by atoms with E-state index in [9.17, 15) is 14.7 Å². The molecule has 0 atom stereocenters. The van der Waals surface area contributed by atoms with E-state index in [4.69, 9.17) is 0 Å². The number of carbonyl (C=O) groups is 2. The summed E-state index contributed by atoms with van der Waals surface area (Å²) in [6.45, 7) is 2.10. The Morgan fingerprint density at radius 2 is 2.04 bits per heavy atom. The van der Waals surface area contributed by atoms with Gasteiger partial charge in [-0.1, -0.05) is 18.2 Å². The average Bonchev–Trinajstić information content (AvgIpc) is 3.18. The van der Waals surface area contributed by atoms with Gasteiger partial charge in [0.1, 0.15) is 4.83 Å². The number of benzene rings is 1. The fraction of sp³-hybridized carbons (Fsp3) is 0.278. The van der Waals surface area contributed by atoms with Gasteiger partial charge in [-0.3, -0.25) is 9.59 Å². The summed E-state index contributed by atoms with van der Waals surface area (Å²) < 4.78 is 1.84. The normalized spacial score (nSPS) is 15.2. The van der Waals surface area contributed by atoms with Gasteiger partial charge in [0.05, 0.1) is 21.7 Å². The zero-order valence-electron chi connectivity index (χ0n) is 13.7. The molecule has 0 saturated heterocycles. The van der Waals surface area contributed by atoms with E-state index >= 15 is 0 Å². The van der Waals surface area contributed by atoms with Crippen LogP contribution in [0.3, 0.4) is 0 Å². The lowest BCUT2D eigenvalue weighted by molar-refractivity contribution is -0.143. The predicted octanol–water partition coefficient (Wildman–Crippen LogP) is 2.99. The number of rotatable bonds is 5. The molecule has 0 unspecified atom stereocenters. The molecule has 1 fully saturated rings. The predicted molar refractivity (Wildman–Crippen MR) is 95.3 cm³/mol. The molecule has 25 heavy (non-hydrogen) atoms. The highest BCUT2D eigenvalue weighted by molar-refractivity contribution is 7.20. The Balaban J connectivity index is 1.61. The molecule has 1 saturated carbocycles. The lowest BCUT2D eigenvalue weighted by Gasteiger charge is -2.10. The summed E-state index contributed by atoms with van der Waals surface area (Å²) in [6, 6.07) is 11.6. The third-order valence-corrected chi connectivity index (χ3v) is 5.77. The van der Waals surface area contributed by atoms with Crippen LogP contribution in [0.1, 0.15) is 28.2 Å². The molecule has 3 aromatic rings. The molecule has 0 radical (unpaired) electrons. The van der Waals surface area contributed by atoms with Crippen LogP contribution in [-0.4, -0.2) is 33.3 Å². The van der Waals surface area contributed by atoms with Crippen molar-refractivity contribution in [3.05, 3.63) is 47.0 Å². The van der Waals surface area contributed by atoms with E-state index in [1.807, 2.05) is 48.0 Å². The number of aryl methyl sites for hydroxylation is 1. The highest BCUT2D eigenvalue weighted by Crippen LogP contribution is 2.45. The van der Waals surface area contributed by atoms with Crippen LogP contribution < -0.4 is 5.32 Å². The lowest BCUT2D eigenvalue weighted by atomic mass is 10.1. The molecular formula is C18H17N3O3S. The van der Waals surface area contributed by atoms with Crippen LogP contribution in [0.25, 0.3) is 15.9 Å². The number of carboxylic acids is 1. The summed E-state index contributed by atoms with van der Waals surface area (Å²) in [5, 5.41) is 17.5. The van der Waals surface area contributed by atoms with Crippen LogP contribution in [0.2, 0.25) is 0 Å². The fourth-order valence-corrected chi connectivity index (χ4v) is 3.96. The molecule has 1 aliphatic carbocycles. The van der Waals surface area contributed by atoms with Crippen LogP contribution in [0.5, 0.6) is 0 Å². The molecule has 1 aliphatic rings. The van der Waals surface area contributed by atoms with Gasteiger partial charge < -0.3 is 10.4 Å². The molecule has 2 N–H and O–H groups in total. The van der Waals surface area contributed by atoms with Crippen LogP contribution >= 0.6 is 11.3 Å². The maximum absolute atomic E-state index is 12.4. The number of thiophene rings is 1. The van der Waals surface area contributed by atoms with Gasteiger partial charge in [-0.25, -0.2) is 4.68 Å². The Morgan fingerprint density at radius 1 is 1.32 bits per heavy atom. The zero-order valence-corrected chi connectivity index (χ0v) is 14.5. The molecular weight excluding hydrogens is 338 g/mol.